The van der Waals surface area contributed by atoms with Crippen LogP contribution >= 0.6 is 35.7 Å². The summed E-state index contributed by atoms with van der Waals surface area (Å²) in [6, 6.07) is 0. The predicted octanol–water partition coefficient (Wildman–Crippen LogP) is 3.52. The Balaban J connectivity index is 0.00000288. The van der Waals surface area contributed by atoms with Crippen molar-refractivity contribution in [2.45, 2.75) is 45.4 Å². The Kier molecular flexibility index (Phi) is 12.6. The highest BCUT2D eigenvalue weighted by atomic mass is 127. The van der Waals surface area contributed by atoms with Crippen LogP contribution in [-0.2, 0) is 0 Å². The van der Waals surface area contributed by atoms with E-state index >= 15 is 0 Å². The molecule has 142 valence electrons. The number of unbranched alkanes of at least 4 members (excludes halogenated alkanes) is 1. The van der Waals surface area contributed by atoms with Crippen molar-refractivity contribution in [1.82, 2.24) is 15.1 Å². The summed E-state index contributed by atoms with van der Waals surface area (Å²) in [4.78, 5) is 10.0. The van der Waals surface area contributed by atoms with Crippen LogP contribution in [-0.4, -0.2) is 73.6 Å². The summed E-state index contributed by atoms with van der Waals surface area (Å²) in [6.45, 7) is 10.4. The van der Waals surface area contributed by atoms with Gasteiger partial charge in [-0.3, -0.25) is 4.99 Å². The summed E-state index contributed by atoms with van der Waals surface area (Å²) in [5.74, 6) is 3.24. The van der Waals surface area contributed by atoms with E-state index in [9.17, 15) is 0 Å². The van der Waals surface area contributed by atoms with Gasteiger partial charge >= 0.3 is 0 Å². The van der Waals surface area contributed by atoms with Crippen LogP contribution in [0.5, 0.6) is 0 Å². The zero-order valence-electron chi connectivity index (χ0n) is 15.6. The van der Waals surface area contributed by atoms with E-state index in [2.05, 4.69) is 28.3 Å². The summed E-state index contributed by atoms with van der Waals surface area (Å²) in [5.41, 5.74) is 0. The third-order valence-corrected chi connectivity index (χ3v) is 5.60. The smallest absolute Gasteiger partial charge is 0.193 e. The molecule has 2 aliphatic heterocycles. The second-order valence-corrected chi connectivity index (χ2v) is 7.88. The summed E-state index contributed by atoms with van der Waals surface area (Å²) >= 11 is 1.93. The van der Waals surface area contributed by atoms with Crippen LogP contribution in [0.4, 0.5) is 0 Å². The molecule has 24 heavy (non-hydrogen) atoms. The van der Waals surface area contributed by atoms with Crippen LogP contribution in [0.3, 0.4) is 0 Å². The second-order valence-electron chi connectivity index (χ2n) is 6.90. The first-order valence-corrected chi connectivity index (χ1v) is 11.0. The first-order chi connectivity index (χ1) is 11.3. The first kappa shape index (κ1) is 22.4. The summed E-state index contributed by atoms with van der Waals surface area (Å²) in [5, 5.41) is 3.50. The lowest BCUT2D eigenvalue weighted by molar-refractivity contribution is 0.198. The van der Waals surface area contributed by atoms with E-state index in [1.807, 2.05) is 11.8 Å². The maximum Gasteiger partial charge on any atom is 0.193 e. The van der Waals surface area contributed by atoms with Crippen molar-refractivity contribution in [1.29, 1.82) is 0 Å². The van der Waals surface area contributed by atoms with E-state index < -0.39 is 0 Å². The molecular formula is C18H37IN4S. The molecular weight excluding hydrogens is 431 g/mol. The van der Waals surface area contributed by atoms with Crippen molar-refractivity contribution >= 4 is 41.7 Å². The molecule has 0 bridgehead atoms. The van der Waals surface area contributed by atoms with Crippen molar-refractivity contribution in [2.75, 3.05) is 57.8 Å². The molecule has 1 atom stereocenters. The number of nitrogens with one attached hydrogen (secondary N) is 1. The molecule has 6 heteroatoms. The monoisotopic (exact) mass is 468 g/mol. The van der Waals surface area contributed by atoms with Crippen molar-refractivity contribution < 1.29 is 0 Å². The molecule has 2 fully saturated rings. The Bertz CT molecular complexity index is 348. The molecule has 0 aromatic heterocycles. The Hall–Kier alpha value is 0.310. The first-order valence-electron chi connectivity index (χ1n) is 9.58. The number of hydrogen-bond donors (Lipinski definition) is 1. The number of nitrogens with zero attached hydrogens (tertiary/aromatic N) is 3. The van der Waals surface area contributed by atoms with Crippen molar-refractivity contribution in [2.24, 2.45) is 10.9 Å². The van der Waals surface area contributed by atoms with Crippen LogP contribution in [0.1, 0.15) is 45.4 Å². The van der Waals surface area contributed by atoms with Crippen LogP contribution < -0.4 is 5.32 Å². The van der Waals surface area contributed by atoms with Crippen molar-refractivity contribution in [3.63, 3.8) is 0 Å². The number of piperidine rings is 1. The van der Waals surface area contributed by atoms with E-state index in [0.717, 1.165) is 25.0 Å². The lowest BCUT2D eigenvalue weighted by atomic mass is 10.1. The molecule has 0 radical (unpaired) electrons. The highest BCUT2D eigenvalue weighted by Gasteiger charge is 2.26. The molecule has 2 aliphatic rings. The third-order valence-electron chi connectivity index (χ3n) is 4.90. The fraction of sp³-hybridized carbons (Fsp3) is 0.944. The average molecular weight is 468 g/mol. The number of halogens is 1. The minimum Gasteiger partial charge on any atom is -0.357 e. The molecule has 0 saturated carbocycles. The fourth-order valence-electron chi connectivity index (χ4n) is 3.65. The van der Waals surface area contributed by atoms with Gasteiger partial charge in [0.15, 0.2) is 5.96 Å². The van der Waals surface area contributed by atoms with Gasteiger partial charge in [0.05, 0.1) is 0 Å². The van der Waals surface area contributed by atoms with Crippen molar-refractivity contribution in [3.05, 3.63) is 0 Å². The van der Waals surface area contributed by atoms with Gasteiger partial charge in [0.2, 0.25) is 0 Å². The normalized spacial score (nSPS) is 22.5. The van der Waals surface area contributed by atoms with E-state index in [1.54, 1.807) is 0 Å². The third kappa shape index (κ3) is 8.13. The molecule has 0 aromatic carbocycles. The highest BCUT2D eigenvalue weighted by Crippen LogP contribution is 2.20. The molecule has 2 rings (SSSR count). The molecule has 2 heterocycles. The molecule has 0 spiro atoms. The summed E-state index contributed by atoms with van der Waals surface area (Å²) in [7, 11) is 0. The Morgan fingerprint density at radius 2 is 1.96 bits per heavy atom. The summed E-state index contributed by atoms with van der Waals surface area (Å²) in [6.07, 6.45) is 10.2. The van der Waals surface area contributed by atoms with Crippen molar-refractivity contribution in [3.8, 4) is 0 Å². The van der Waals surface area contributed by atoms with E-state index in [4.69, 9.17) is 4.99 Å². The molecule has 2 saturated heterocycles. The molecule has 0 amide bonds. The zero-order valence-corrected chi connectivity index (χ0v) is 18.8. The minimum atomic E-state index is 0. The van der Waals surface area contributed by atoms with Gasteiger partial charge in [0, 0.05) is 32.7 Å². The minimum absolute atomic E-state index is 0. The largest absolute Gasteiger partial charge is 0.357 e. The summed E-state index contributed by atoms with van der Waals surface area (Å²) < 4.78 is 0. The lowest BCUT2D eigenvalue weighted by Crippen LogP contribution is -2.41. The topological polar surface area (TPSA) is 30.9 Å². The second kappa shape index (κ2) is 13.5. The Labute approximate surface area is 170 Å². The SMILES string of the molecule is CCNC(=NCCCCSC)N1CCC(CN2CCCCC2)C1.I. The average Bonchev–Trinajstić information content (AvgIpc) is 3.03. The Morgan fingerprint density at radius 1 is 1.17 bits per heavy atom. The van der Waals surface area contributed by atoms with Crippen LogP contribution in [0, 0.1) is 5.92 Å². The van der Waals surface area contributed by atoms with Crippen LogP contribution in [0.2, 0.25) is 0 Å². The molecule has 4 nitrogen and oxygen atoms in total. The van der Waals surface area contributed by atoms with Gasteiger partial charge in [0.25, 0.3) is 0 Å². The zero-order chi connectivity index (χ0) is 16.3. The number of hydrogen-bond acceptors (Lipinski definition) is 3. The number of likely N-dealkylation sites (tertiary alicyclic amines) is 2. The fourth-order valence-corrected chi connectivity index (χ4v) is 4.14. The van der Waals surface area contributed by atoms with E-state index in [-0.39, 0.29) is 24.0 Å². The lowest BCUT2D eigenvalue weighted by Gasteiger charge is -2.29. The Morgan fingerprint density at radius 3 is 2.67 bits per heavy atom. The van der Waals surface area contributed by atoms with Gasteiger partial charge < -0.3 is 15.1 Å². The number of rotatable bonds is 8. The van der Waals surface area contributed by atoms with Gasteiger partial charge in [-0.25, -0.2) is 0 Å². The number of thioether (sulfide) groups is 1. The quantitative estimate of drug-likeness (QED) is 0.256. The van der Waals surface area contributed by atoms with Gasteiger partial charge in [-0.1, -0.05) is 6.42 Å². The number of aliphatic imine (C=N–C) groups is 1. The highest BCUT2D eigenvalue weighted by molar-refractivity contribution is 14.0. The maximum atomic E-state index is 4.86. The molecule has 1 unspecified atom stereocenters. The maximum absolute atomic E-state index is 4.86. The van der Waals surface area contributed by atoms with E-state index in [1.165, 1.54) is 77.0 Å². The number of guanidine groups is 1. The van der Waals surface area contributed by atoms with Gasteiger partial charge in [-0.05, 0) is 70.0 Å². The van der Waals surface area contributed by atoms with Crippen LogP contribution in [0.25, 0.3) is 0 Å². The van der Waals surface area contributed by atoms with Gasteiger partial charge in [-0.15, -0.1) is 24.0 Å². The molecule has 0 aliphatic carbocycles. The standard InChI is InChI=1S/C18H36N4S.HI/c1-3-19-18(20-10-5-8-14-23-2)22-13-9-17(16-22)15-21-11-6-4-7-12-21;/h17H,3-16H2,1-2H3,(H,19,20);1H. The molecule has 1 N–H and O–H groups in total. The van der Waals surface area contributed by atoms with E-state index in [0.29, 0.717) is 0 Å². The van der Waals surface area contributed by atoms with Crippen LogP contribution in [0.15, 0.2) is 4.99 Å². The van der Waals surface area contributed by atoms with Gasteiger partial charge in [-0.2, -0.15) is 11.8 Å². The van der Waals surface area contributed by atoms with Gasteiger partial charge in [0.1, 0.15) is 0 Å². The molecule has 0 aromatic rings. The predicted molar refractivity (Wildman–Crippen MR) is 119 cm³/mol.